The molecule has 11 heteroatoms. The number of nitrogens with one attached hydrogen (secondary N) is 2. The molecule has 2 fully saturated rings. The molecule has 238 valence electrons. The molecule has 0 aromatic heterocycles. The van der Waals surface area contributed by atoms with Crippen LogP contribution in [0.15, 0.2) is 48.5 Å². The van der Waals surface area contributed by atoms with Crippen molar-refractivity contribution in [2.75, 3.05) is 46.6 Å². The summed E-state index contributed by atoms with van der Waals surface area (Å²) in [5.41, 5.74) is 7.44. The Hall–Kier alpha value is -3.64. The van der Waals surface area contributed by atoms with E-state index in [1.165, 1.54) is 0 Å². The van der Waals surface area contributed by atoms with Gasteiger partial charge in [-0.15, -0.1) is 0 Å². The Morgan fingerprint density at radius 2 is 1.55 bits per heavy atom. The Morgan fingerprint density at radius 1 is 0.955 bits per heavy atom. The molecule has 4 N–H and O–H groups in total. The lowest BCUT2D eigenvalue weighted by Gasteiger charge is -2.27. The Kier molecular flexibility index (Phi) is 11.6. The lowest BCUT2D eigenvalue weighted by molar-refractivity contribution is -0.134. The van der Waals surface area contributed by atoms with Gasteiger partial charge >= 0.3 is 0 Å². The molecule has 4 rings (SSSR count). The fourth-order valence-corrected chi connectivity index (χ4v) is 5.22. The average molecular weight is 609 g/mol. The van der Waals surface area contributed by atoms with Crippen LogP contribution in [0.2, 0.25) is 0 Å². The zero-order chi connectivity index (χ0) is 31.7. The summed E-state index contributed by atoms with van der Waals surface area (Å²) in [5, 5.41) is 5.73. The Morgan fingerprint density at radius 3 is 2.14 bits per heavy atom. The van der Waals surface area contributed by atoms with Crippen molar-refractivity contribution in [2.24, 2.45) is 11.7 Å². The first kappa shape index (κ1) is 33.3. The summed E-state index contributed by atoms with van der Waals surface area (Å²) in [6.45, 7) is 6.65. The minimum absolute atomic E-state index is 0.114. The van der Waals surface area contributed by atoms with Crippen molar-refractivity contribution in [1.82, 2.24) is 15.5 Å². The number of amides is 2. The minimum Gasteiger partial charge on any atom is -0.497 e. The van der Waals surface area contributed by atoms with Crippen LogP contribution in [0.5, 0.6) is 5.75 Å². The summed E-state index contributed by atoms with van der Waals surface area (Å²) in [5.74, 6) is -1.27. The third-order valence-corrected chi connectivity index (χ3v) is 8.22. The molecule has 2 amide bonds. The third kappa shape index (κ3) is 9.43. The van der Waals surface area contributed by atoms with Gasteiger partial charge in [-0.25, -0.2) is 0 Å². The number of carbonyl (C=O) groups excluding carboxylic acids is 4. The normalized spacial score (nSPS) is 20.2. The van der Waals surface area contributed by atoms with Gasteiger partial charge in [0.05, 0.1) is 45.6 Å². The number of Topliss-reactive ketones (excluding diaryl/α,β-unsaturated/α-hetero) is 2. The number of nitrogens with two attached hydrogens (primary N) is 1. The highest BCUT2D eigenvalue weighted by molar-refractivity contribution is 5.98. The average Bonchev–Trinajstić information content (AvgIpc) is 3.79. The number of epoxide rings is 1. The molecule has 0 saturated carbocycles. The van der Waals surface area contributed by atoms with Gasteiger partial charge in [0.2, 0.25) is 11.8 Å². The third-order valence-electron chi connectivity index (χ3n) is 8.22. The van der Waals surface area contributed by atoms with Crippen molar-refractivity contribution in [3.8, 4) is 5.75 Å². The van der Waals surface area contributed by atoms with E-state index < -0.39 is 29.5 Å². The molecule has 2 aromatic carbocycles. The quantitative estimate of drug-likeness (QED) is 0.239. The van der Waals surface area contributed by atoms with Crippen LogP contribution >= 0.6 is 0 Å². The molecule has 44 heavy (non-hydrogen) atoms. The first-order valence-corrected chi connectivity index (χ1v) is 15.1. The van der Waals surface area contributed by atoms with Crippen molar-refractivity contribution in [1.29, 1.82) is 0 Å². The van der Waals surface area contributed by atoms with Crippen LogP contribution in [0.4, 0.5) is 0 Å². The number of hydrogen-bond acceptors (Lipinski definition) is 9. The van der Waals surface area contributed by atoms with E-state index in [-0.39, 0.29) is 43.3 Å². The molecule has 2 aliphatic rings. The smallest absolute Gasteiger partial charge is 0.234 e. The van der Waals surface area contributed by atoms with Gasteiger partial charge < -0.3 is 30.6 Å². The monoisotopic (exact) mass is 608 g/mol. The lowest BCUT2D eigenvalue weighted by Crippen LogP contribution is -2.50. The summed E-state index contributed by atoms with van der Waals surface area (Å²) in [7, 11) is 1.57. The molecule has 0 radical (unpaired) electrons. The molecule has 0 bridgehead atoms. The van der Waals surface area contributed by atoms with E-state index in [0.29, 0.717) is 45.2 Å². The molecule has 2 heterocycles. The predicted octanol–water partition coefficient (Wildman–Crippen LogP) is 1.19. The zero-order valence-corrected chi connectivity index (χ0v) is 25.8. The molecule has 0 aliphatic carbocycles. The highest BCUT2D eigenvalue weighted by Gasteiger charge is 2.50. The van der Waals surface area contributed by atoms with Gasteiger partial charge in [-0.2, -0.15) is 0 Å². The summed E-state index contributed by atoms with van der Waals surface area (Å²) < 4.78 is 16.0. The maximum atomic E-state index is 13.9. The van der Waals surface area contributed by atoms with Crippen molar-refractivity contribution < 1.29 is 33.4 Å². The fraction of sp³-hybridized carbons (Fsp3) is 0.515. The van der Waals surface area contributed by atoms with Crippen LogP contribution < -0.4 is 21.1 Å². The van der Waals surface area contributed by atoms with Gasteiger partial charge in [-0.05, 0) is 55.5 Å². The molecule has 11 nitrogen and oxygen atoms in total. The number of carbonyl (C=O) groups is 4. The van der Waals surface area contributed by atoms with E-state index in [1.807, 2.05) is 41.3 Å². The second-order valence-corrected chi connectivity index (χ2v) is 11.8. The summed E-state index contributed by atoms with van der Waals surface area (Å²) in [4.78, 5) is 55.3. The van der Waals surface area contributed by atoms with Crippen LogP contribution in [0.1, 0.15) is 37.0 Å². The molecule has 2 aliphatic heterocycles. The Bertz CT molecular complexity index is 1290. The van der Waals surface area contributed by atoms with Crippen molar-refractivity contribution >= 4 is 23.4 Å². The highest BCUT2D eigenvalue weighted by atomic mass is 16.6. The van der Waals surface area contributed by atoms with E-state index in [0.717, 1.165) is 16.7 Å². The van der Waals surface area contributed by atoms with Crippen molar-refractivity contribution in [3.63, 3.8) is 0 Å². The van der Waals surface area contributed by atoms with Gasteiger partial charge in [-0.1, -0.05) is 36.4 Å². The van der Waals surface area contributed by atoms with Crippen LogP contribution in [0, 0.1) is 5.92 Å². The number of benzene rings is 2. The van der Waals surface area contributed by atoms with E-state index >= 15 is 0 Å². The summed E-state index contributed by atoms with van der Waals surface area (Å²) >= 11 is 0. The van der Waals surface area contributed by atoms with Gasteiger partial charge in [0.25, 0.3) is 0 Å². The van der Waals surface area contributed by atoms with E-state index in [2.05, 4.69) is 10.6 Å². The number of rotatable bonds is 16. The SMILES string of the molecule is COc1ccc(CC(CC(=O)C(C)NC(=O)CN2CCOCC2)C(=O)NC(Cc2ccc(CN)cc2)C(=O)C2(C)CO2)cc1. The summed E-state index contributed by atoms with van der Waals surface area (Å²) in [6.07, 6.45) is 0.415. The van der Waals surface area contributed by atoms with Gasteiger partial charge in [0.15, 0.2) is 11.6 Å². The van der Waals surface area contributed by atoms with Crippen molar-refractivity contribution in [3.05, 3.63) is 65.2 Å². The fourth-order valence-electron chi connectivity index (χ4n) is 5.22. The summed E-state index contributed by atoms with van der Waals surface area (Å²) in [6, 6.07) is 13.2. The number of morpholine rings is 1. The van der Waals surface area contributed by atoms with E-state index in [9.17, 15) is 19.2 Å². The number of hydrogen-bond donors (Lipinski definition) is 3. The highest BCUT2D eigenvalue weighted by Crippen LogP contribution is 2.29. The first-order valence-electron chi connectivity index (χ1n) is 15.1. The standard InChI is InChI=1S/C33H44N4O7/c1-22(35-30(39)20-37-12-14-43-15-13-37)29(38)18-26(16-23-8-10-27(42-3)11-9-23)32(41)36-28(31(40)33(2)21-44-33)17-24-4-6-25(19-34)7-5-24/h4-11,22,26,28H,12-21,34H2,1-3H3,(H,35,39)(H,36,41). The van der Waals surface area contributed by atoms with Crippen molar-refractivity contribution in [2.45, 2.75) is 57.3 Å². The molecule has 4 atom stereocenters. The van der Waals surface area contributed by atoms with Crippen LogP contribution in [0.3, 0.4) is 0 Å². The Labute approximate surface area is 258 Å². The van der Waals surface area contributed by atoms with Crippen LogP contribution in [-0.4, -0.2) is 92.5 Å². The second-order valence-electron chi connectivity index (χ2n) is 11.8. The lowest BCUT2D eigenvalue weighted by atomic mass is 9.89. The van der Waals surface area contributed by atoms with Gasteiger partial charge in [0, 0.05) is 32.0 Å². The molecular weight excluding hydrogens is 564 g/mol. The number of nitrogens with zero attached hydrogens (tertiary/aromatic N) is 1. The number of ketones is 2. The van der Waals surface area contributed by atoms with E-state index in [4.69, 9.17) is 19.9 Å². The molecule has 2 aromatic rings. The largest absolute Gasteiger partial charge is 0.497 e. The van der Waals surface area contributed by atoms with E-state index in [1.54, 1.807) is 33.1 Å². The molecule has 0 spiro atoms. The number of ether oxygens (including phenoxy) is 3. The molecular formula is C33H44N4O7. The van der Waals surface area contributed by atoms with Gasteiger partial charge in [0.1, 0.15) is 11.4 Å². The predicted molar refractivity (Wildman–Crippen MR) is 164 cm³/mol. The molecule has 2 saturated heterocycles. The zero-order valence-electron chi connectivity index (χ0n) is 25.8. The number of methoxy groups -OCH3 is 1. The van der Waals surface area contributed by atoms with Crippen LogP contribution in [0.25, 0.3) is 0 Å². The minimum atomic E-state index is -0.949. The second kappa shape index (κ2) is 15.4. The Balaban J connectivity index is 1.47. The van der Waals surface area contributed by atoms with Gasteiger partial charge in [-0.3, -0.25) is 24.1 Å². The molecule has 4 unspecified atom stereocenters. The maximum Gasteiger partial charge on any atom is 0.234 e. The van der Waals surface area contributed by atoms with Crippen LogP contribution in [-0.2, 0) is 48.0 Å². The topological polar surface area (TPSA) is 153 Å². The maximum absolute atomic E-state index is 13.9. The first-order chi connectivity index (χ1) is 21.1.